The van der Waals surface area contributed by atoms with Crippen LogP contribution in [0.3, 0.4) is 0 Å². The number of nitriles is 2. The number of benzene rings is 1. The molecule has 92 valence electrons. The van der Waals surface area contributed by atoms with Gasteiger partial charge in [0.15, 0.2) is 11.4 Å². The predicted molar refractivity (Wildman–Crippen MR) is 69.7 cm³/mol. The van der Waals surface area contributed by atoms with Gasteiger partial charge in [-0.05, 0) is 49.2 Å². The van der Waals surface area contributed by atoms with Crippen molar-refractivity contribution < 1.29 is 4.74 Å². The van der Waals surface area contributed by atoms with E-state index in [1.807, 2.05) is 19.9 Å². The molecule has 0 radical (unpaired) electrons. The summed E-state index contributed by atoms with van der Waals surface area (Å²) in [5, 5.41) is 17.9. The van der Waals surface area contributed by atoms with Gasteiger partial charge in [-0.25, -0.2) is 4.98 Å². The van der Waals surface area contributed by atoms with E-state index in [-0.39, 0.29) is 5.69 Å². The number of hydrogen-bond donors (Lipinski definition) is 0. The number of pyridine rings is 1. The van der Waals surface area contributed by atoms with Crippen molar-refractivity contribution in [1.82, 2.24) is 4.98 Å². The molecule has 0 amide bonds. The average Bonchev–Trinajstić information content (AvgIpc) is 2.43. The molecule has 0 spiro atoms. The Morgan fingerprint density at radius 1 is 1.11 bits per heavy atom. The van der Waals surface area contributed by atoms with Crippen LogP contribution in [-0.2, 0) is 0 Å². The van der Waals surface area contributed by atoms with Gasteiger partial charge in [0.25, 0.3) is 0 Å². The zero-order valence-corrected chi connectivity index (χ0v) is 10.6. The van der Waals surface area contributed by atoms with Gasteiger partial charge in [-0.3, -0.25) is 0 Å². The molecule has 4 heteroatoms. The van der Waals surface area contributed by atoms with Crippen LogP contribution in [0.25, 0.3) is 0 Å². The smallest absolute Gasteiger partial charge is 0.183 e. The van der Waals surface area contributed by atoms with Gasteiger partial charge < -0.3 is 4.74 Å². The van der Waals surface area contributed by atoms with Crippen molar-refractivity contribution in [3.63, 3.8) is 0 Å². The van der Waals surface area contributed by atoms with Crippen molar-refractivity contribution in [2.24, 2.45) is 0 Å². The van der Waals surface area contributed by atoms with Crippen molar-refractivity contribution in [2.45, 2.75) is 13.8 Å². The second-order valence-electron chi connectivity index (χ2n) is 4.11. The summed E-state index contributed by atoms with van der Waals surface area (Å²) in [5.41, 5.74) is 2.54. The van der Waals surface area contributed by atoms with Crippen LogP contribution in [-0.4, -0.2) is 4.98 Å². The molecule has 0 N–H and O–H groups in total. The van der Waals surface area contributed by atoms with E-state index in [9.17, 15) is 0 Å². The lowest BCUT2D eigenvalue weighted by atomic mass is 10.1. The van der Waals surface area contributed by atoms with Gasteiger partial charge in [0.1, 0.15) is 11.8 Å². The second kappa shape index (κ2) is 5.20. The van der Waals surface area contributed by atoms with Gasteiger partial charge in [0, 0.05) is 6.20 Å². The van der Waals surface area contributed by atoms with Crippen LogP contribution in [0.15, 0.2) is 30.5 Å². The number of hydrogen-bond acceptors (Lipinski definition) is 4. The molecule has 2 rings (SSSR count). The molecular formula is C15H11N3O. The zero-order chi connectivity index (χ0) is 13.8. The van der Waals surface area contributed by atoms with Crippen molar-refractivity contribution in [1.29, 1.82) is 10.5 Å². The molecule has 2 aromatic rings. The molecule has 19 heavy (non-hydrogen) atoms. The summed E-state index contributed by atoms with van der Waals surface area (Å²) in [6.45, 7) is 3.73. The summed E-state index contributed by atoms with van der Waals surface area (Å²) in [7, 11) is 0. The zero-order valence-electron chi connectivity index (χ0n) is 10.6. The Kier molecular flexibility index (Phi) is 3.45. The van der Waals surface area contributed by atoms with E-state index in [0.29, 0.717) is 17.1 Å². The fourth-order valence-electron chi connectivity index (χ4n) is 1.84. The largest absolute Gasteiger partial charge is 0.454 e. The Morgan fingerprint density at radius 3 is 2.37 bits per heavy atom. The standard InChI is InChI=1S/C15H11N3O/c1-10-6-12(8-16)7-11(2)15(10)19-14-4-3-5-18-13(14)9-17/h3-7H,1-2H3. The van der Waals surface area contributed by atoms with Crippen molar-refractivity contribution >= 4 is 0 Å². The third kappa shape index (κ3) is 2.53. The summed E-state index contributed by atoms with van der Waals surface area (Å²) < 4.78 is 5.77. The average molecular weight is 249 g/mol. The lowest BCUT2D eigenvalue weighted by molar-refractivity contribution is 0.471. The lowest BCUT2D eigenvalue weighted by Gasteiger charge is -2.12. The van der Waals surface area contributed by atoms with Gasteiger partial charge in [-0.1, -0.05) is 0 Å². The van der Waals surface area contributed by atoms with Crippen molar-refractivity contribution in [3.05, 3.63) is 52.8 Å². The molecular weight excluding hydrogens is 238 g/mol. The number of aromatic nitrogens is 1. The molecule has 0 atom stereocenters. The first-order chi connectivity index (χ1) is 9.15. The quantitative estimate of drug-likeness (QED) is 0.819. The molecule has 0 bridgehead atoms. The van der Waals surface area contributed by atoms with Crippen LogP contribution in [0.2, 0.25) is 0 Å². The van der Waals surface area contributed by atoms with E-state index >= 15 is 0 Å². The molecule has 1 heterocycles. The molecule has 0 saturated heterocycles. The molecule has 1 aromatic heterocycles. The van der Waals surface area contributed by atoms with Crippen LogP contribution in [0.4, 0.5) is 0 Å². The highest BCUT2D eigenvalue weighted by atomic mass is 16.5. The van der Waals surface area contributed by atoms with Crippen LogP contribution in [0.5, 0.6) is 11.5 Å². The van der Waals surface area contributed by atoms with Crippen LogP contribution >= 0.6 is 0 Å². The van der Waals surface area contributed by atoms with E-state index in [4.69, 9.17) is 15.3 Å². The van der Waals surface area contributed by atoms with Crippen LogP contribution in [0, 0.1) is 36.5 Å². The highest BCUT2D eigenvalue weighted by molar-refractivity contribution is 5.50. The molecule has 4 nitrogen and oxygen atoms in total. The maximum absolute atomic E-state index is 8.98. The Morgan fingerprint density at radius 2 is 1.79 bits per heavy atom. The predicted octanol–water partition coefficient (Wildman–Crippen LogP) is 3.23. The first-order valence-corrected chi connectivity index (χ1v) is 5.70. The summed E-state index contributed by atoms with van der Waals surface area (Å²) in [6, 6.07) is 11.0. The van der Waals surface area contributed by atoms with Gasteiger partial charge in [0.2, 0.25) is 0 Å². The minimum Gasteiger partial charge on any atom is -0.454 e. The molecule has 0 fully saturated rings. The second-order valence-corrected chi connectivity index (χ2v) is 4.11. The highest BCUT2D eigenvalue weighted by Crippen LogP contribution is 2.30. The molecule has 0 aliphatic rings. The number of rotatable bonds is 2. The molecule has 1 aromatic carbocycles. The highest BCUT2D eigenvalue weighted by Gasteiger charge is 2.10. The summed E-state index contributed by atoms with van der Waals surface area (Å²) >= 11 is 0. The van der Waals surface area contributed by atoms with E-state index in [0.717, 1.165) is 11.1 Å². The van der Waals surface area contributed by atoms with E-state index < -0.39 is 0 Å². The molecule has 0 unspecified atom stereocenters. The van der Waals surface area contributed by atoms with Crippen LogP contribution < -0.4 is 4.74 Å². The topological polar surface area (TPSA) is 69.7 Å². The van der Waals surface area contributed by atoms with Gasteiger partial charge in [-0.15, -0.1) is 0 Å². The third-order valence-corrected chi connectivity index (χ3v) is 2.68. The monoisotopic (exact) mass is 249 g/mol. The van der Waals surface area contributed by atoms with Gasteiger partial charge >= 0.3 is 0 Å². The summed E-state index contributed by atoms with van der Waals surface area (Å²) in [4.78, 5) is 3.95. The normalized spacial score (nSPS) is 9.47. The fraction of sp³-hybridized carbons (Fsp3) is 0.133. The summed E-state index contributed by atoms with van der Waals surface area (Å²) in [5.74, 6) is 1.07. The third-order valence-electron chi connectivity index (χ3n) is 2.68. The van der Waals surface area contributed by atoms with E-state index in [1.54, 1.807) is 30.5 Å². The fourth-order valence-corrected chi connectivity index (χ4v) is 1.84. The SMILES string of the molecule is Cc1cc(C#N)cc(C)c1Oc1cccnc1C#N. The Hall–Kier alpha value is -2.85. The summed E-state index contributed by atoms with van der Waals surface area (Å²) in [6.07, 6.45) is 1.55. The van der Waals surface area contributed by atoms with E-state index in [2.05, 4.69) is 11.1 Å². The van der Waals surface area contributed by atoms with Gasteiger partial charge in [0.05, 0.1) is 11.6 Å². The van der Waals surface area contributed by atoms with Gasteiger partial charge in [-0.2, -0.15) is 10.5 Å². The minimum absolute atomic E-state index is 0.241. The Bertz CT molecular complexity index is 685. The Balaban J connectivity index is 2.45. The Labute approximate surface area is 111 Å². The van der Waals surface area contributed by atoms with Crippen molar-refractivity contribution in [2.75, 3.05) is 0 Å². The molecule has 0 aliphatic heterocycles. The first kappa shape index (κ1) is 12.6. The maximum Gasteiger partial charge on any atom is 0.183 e. The maximum atomic E-state index is 8.98. The van der Waals surface area contributed by atoms with Crippen molar-refractivity contribution in [3.8, 4) is 23.6 Å². The number of ether oxygens (including phenoxy) is 1. The lowest BCUT2D eigenvalue weighted by Crippen LogP contribution is -1.95. The molecule has 0 aliphatic carbocycles. The number of aryl methyl sites for hydroxylation is 2. The van der Waals surface area contributed by atoms with E-state index in [1.165, 1.54) is 0 Å². The van der Waals surface area contributed by atoms with Crippen LogP contribution in [0.1, 0.15) is 22.4 Å². The first-order valence-electron chi connectivity index (χ1n) is 5.70. The molecule has 0 saturated carbocycles. The minimum atomic E-state index is 0.241. The number of nitrogens with zero attached hydrogens (tertiary/aromatic N) is 3.